The molecule has 0 bridgehead atoms. The van der Waals surface area contributed by atoms with Crippen LogP contribution in [0.15, 0.2) is 0 Å². The number of aliphatic carboxylic acids is 1. The first-order valence-corrected chi connectivity index (χ1v) is 43.5. The van der Waals surface area contributed by atoms with Crippen molar-refractivity contribution in [1.29, 1.82) is 0 Å². The van der Waals surface area contributed by atoms with E-state index in [0.717, 1.165) is 34.6 Å². The zero-order valence-corrected chi connectivity index (χ0v) is 73.6. The van der Waals surface area contributed by atoms with Crippen LogP contribution in [0, 0.1) is 0 Å². The molecule has 11 heterocycles. The molecular formula is C76H125N5O56. The van der Waals surface area contributed by atoms with Crippen molar-refractivity contribution in [3.05, 3.63) is 0 Å². The molecule has 0 aromatic rings. The van der Waals surface area contributed by atoms with Gasteiger partial charge in [-0.05, 0) is 6.92 Å². The number of aliphatic hydroxyl groups excluding tert-OH is 28. The van der Waals surface area contributed by atoms with Gasteiger partial charge < -0.3 is 274 Å². The Bertz CT molecular complexity index is 3860. The van der Waals surface area contributed by atoms with Crippen molar-refractivity contribution in [2.24, 2.45) is 0 Å². The van der Waals surface area contributed by atoms with Crippen molar-refractivity contribution in [1.82, 2.24) is 26.6 Å². The molecule has 0 radical (unpaired) electrons. The summed E-state index contributed by atoms with van der Waals surface area (Å²) < 4.78 is 126. The van der Waals surface area contributed by atoms with Crippen LogP contribution >= 0.6 is 0 Å². The standard InChI is InChI=1S/C76H125N5O56/c1-16-36(94)47(105)51(109)71(119-16)117-15-30-59(44(102)31(66(116)120-30)77-17(2)89)130-70-35(81-21(6)93)46(104)57(27(12-87)126-70)132-74-55(113)61(41(99)29(128-74)14-118-75-63(49(107)39(97)24(9-84)124-75)136-67-32(78-18(3)90)42(100)37(95)22(7-82)121-67)134-76-64(137-68-33(79-19(4)91)43(101)38(96)23(8-83)122-68)53(111)58(28(13-88)127-76)129-69-34(80-20(5)92)45(103)56(26(11-86)125-69)131-73-54(112)60(40(98)25(10-85)123-73)133-72-52(110)48(106)50(108)62(135-72)65(114)115/h16,22-64,66-76,82-88,94-113,116H,7-15H2,1-6H3,(H,77,89)(H,78,90)(H,79,91)(H,80,92)(H,81,93)(H,114,115)/t16-,22+,23+,24+,25+,26+,27+,28+,29+,30+,31+,32+,33-,34+,35+,36+,37+,38+,39+,40-,41+,42+,43+,44+,45+,46+,47+,48-,49-,50-,51-,52+,53-,54+,55-,56+,57+,58+,59+,60-,61-,62-,63-,64-,66+,67-,68-,69-,70-,71+,72+,73-,74-,75-,76+/m0/s1. The lowest BCUT2D eigenvalue weighted by Gasteiger charge is -2.52. The number of carbonyl (C=O) groups excluding carboxylic acids is 5. The highest BCUT2D eigenvalue weighted by Gasteiger charge is 2.63. The van der Waals surface area contributed by atoms with Gasteiger partial charge >= 0.3 is 5.97 Å². The molecule has 11 aliphatic rings. The maximum atomic E-state index is 13.4. The van der Waals surface area contributed by atoms with Gasteiger partial charge in [0.15, 0.2) is 75.3 Å². The minimum atomic E-state index is -2.73. The summed E-state index contributed by atoms with van der Waals surface area (Å²) in [7, 11) is 0. The number of hydrogen-bond acceptors (Lipinski definition) is 55. The summed E-state index contributed by atoms with van der Waals surface area (Å²) in [6.07, 6.45) is -109. The predicted molar refractivity (Wildman–Crippen MR) is 419 cm³/mol. The molecule has 11 saturated heterocycles. The summed E-state index contributed by atoms with van der Waals surface area (Å²) in [5.74, 6) is -6.73. The van der Waals surface area contributed by atoms with Crippen LogP contribution in [0.1, 0.15) is 41.5 Å². The van der Waals surface area contributed by atoms with E-state index in [2.05, 4.69) is 26.6 Å². The van der Waals surface area contributed by atoms with Gasteiger partial charge in [-0.1, -0.05) is 0 Å². The molecular weight excluding hydrogens is 1880 g/mol. The molecule has 5 amide bonds. The van der Waals surface area contributed by atoms with Crippen LogP contribution in [0.25, 0.3) is 0 Å². The first-order valence-electron chi connectivity index (χ1n) is 43.5. The second kappa shape index (κ2) is 48.7. The largest absolute Gasteiger partial charge is 0.479 e. The Morgan fingerprint density at radius 3 is 0.942 bits per heavy atom. The number of carbonyl (C=O) groups is 6. The fraction of sp³-hybridized carbons (Fsp3) is 0.921. The van der Waals surface area contributed by atoms with Crippen LogP contribution < -0.4 is 26.6 Å². The monoisotopic (exact) mass is 2000 g/mol. The molecule has 61 heteroatoms. The number of ether oxygens (including phenoxy) is 21. The molecule has 0 aliphatic carbocycles. The Labute approximate surface area is 774 Å². The summed E-state index contributed by atoms with van der Waals surface area (Å²) in [4.78, 5) is 76.8. The number of aliphatic hydroxyl groups is 28. The maximum Gasteiger partial charge on any atom is 0.335 e. The van der Waals surface area contributed by atoms with Crippen molar-refractivity contribution >= 4 is 35.5 Å². The maximum absolute atomic E-state index is 13.4. The van der Waals surface area contributed by atoms with Gasteiger partial charge in [0.25, 0.3) is 0 Å². The van der Waals surface area contributed by atoms with Crippen LogP contribution in [-0.2, 0) is 128 Å². The van der Waals surface area contributed by atoms with Gasteiger partial charge in [-0.15, -0.1) is 0 Å². The topological polar surface area (TPSA) is 943 Å². The van der Waals surface area contributed by atoms with E-state index in [1.54, 1.807) is 0 Å². The molecule has 137 heavy (non-hydrogen) atoms. The fourth-order valence-electron chi connectivity index (χ4n) is 17.7. The molecule has 0 aromatic carbocycles. The molecule has 11 aliphatic heterocycles. The van der Waals surface area contributed by atoms with Gasteiger partial charge in [-0.3, -0.25) is 24.0 Å². The normalized spacial score (nSPS) is 48.9. The molecule has 11 rings (SSSR count). The van der Waals surface area contributed by atoms with Crippen molar-refractivity contribution in [2.75, 3.05) is 59.5 Å². The van der Waals surface area contributed by atoms with Gasteiger partial charge in [-0.2, -0.15) is 0 Å². The van der Waals surface area contributed by atoms with E-state index in [1.807, 2.05) is 0 Å². The molecule has 55 atom stereocenters. The summed E-state index contributed by atoms with van der Waals surface area (Å²) in [6, 6.07) is -9.81. The Morgan fingerprint density at radius 1 is 0.226 bits per heavy atom. The smallest absolute Gasteiger partial charge is 0.335 e. The molecule has 0 unspecified atom stereocenters. The number of carboxylic acid groups (broad SMARTS) is 1. The van der Waals surface area contributed by atoms with E-state index in [-0.39, 0.29) is 0 Å². The fourth-order valence-corrected chi connectivity index (χ4v) is 17.7. The molecule has 0 aromatic heterocycles. The van der Waals surface area contributed by atoms with E-state index in [4.69, 9.17) is 99.5 Å². The zero-order valence-electron chi connectivity index (χ0n) is 73.6. The Hall–Kier alpha value is -5.14. The van der Waals surface area contributed by atoms with Crippen molar-refractivity contribution in [3.8, 4) is 0 Å². The Morgan fingerprint density at radius 2 is 0.511 bits per heavy atom. The van der Waals surface area contributed by atoms with Crippen LogP contribution in [0.3, 0.4) is 0 Å². The van der Waals surface area contributed by atoms with E-state index in [0.29, 0.717) is 0 Å². The third-order valence-corrected chi connectivity index (χ3v) is 24.9. The number of rotatable bonds is 35. The summed E-state index contributed by atoms with van der Waals surface area (Å²) in [5, 5.41) is 339. The highest BCUT2D eigenvalue weighted by atomic mass is 16.8. The summed E-state index contributed by atoms with van der Waals surface area (Å²) in [5.41, 5.74) is 0. The van der Waals surface area contributed by atoms with E-state index < -0.39 is 432 Å². The molecule has 61 nitrogen and oxygen atoms in total. The number of amides is 5. The van der Waals surface area contributed by atoms with Gasteiger partial charge in [0.1, 0.15) is 256 Å². The Kier molecular flexibility index (Phi) is 39.9. The average molecular weight is 2000 g/mol. The first kappa shape index (κ1) is 112. The highest BCUT2D eigenvalue weighted by Crippen LogP contribution is 2.42. The summed E-state index contributed by atoms with van der Waals surface area (Å²) >= 11 is 0. The van der Waals surface area contributed by atoms with Crippen LogP contribution in [0.4, 0.5) is 0 Å². The minimum absolute atomic E-state index is 0.869. The highest BCUT2D eigenvalue weighted by molar-refractivity contribution is 5.75. The summed E-state index contributed by atoms with van der Waals surface area (Å²) in [6.45, 7) is -4.80. The minimum Gasteiger partial charge on any atom is -0.479 e. The molecule has 0 spiro atoms. The van der Waals surface area contributed by atoms with E-state index in [1.165, 1.54) is 6.92 Å². The van der Waals surface area contributed by atoms with Crippen LogP contribution in [0.5, 0.6) is 0 Å². The lowest BCUT2D eigenvalue weighted by atomic mass is 9.93. The van der Waals surface area contributed by atoms with Gasteiger partial charge in [0.2, 0.25) is 29.5 Å². The quantitative estimate of drug-likeness (QED) is 0.0280. The molecule has 34 N–H and O–H groups in total. The predicted octanol–water partition coefficient (Wildman–Crippen LogP) is -23.1. The van der Waals surface area contributed by atoms with Crippen molar-refractivity contribution < 1.29 is 276 Å². The van der Waals surface area contributed by atoms with Gasteiger partial charge in [0, 0.05) is 34.6 Å². The second-order valence-corrected chi connectivity index (χ2v) is 34.6. The molecule has 790 valence electrons. The molecule has 0 saturated carbocycles. The Balaban J connectivity index is 0.949. The van der Waals surface area contributed by atoms with Gasteiger partial charge in [0.05, 0.1) is 65.6 Å². The third kappa shape index (κ3) is 25.0. The molecule has 11 fully saturated rings. The van der Waals surface area contributed by atoms with Crippen LogP contribution in [-0.4, -0.2) is 581 Å². The number of carboxylic acids is 1. The SMILES string of the molecule is CC(=O)N[C@@H]1[C@H](O[C@@H]2[C@@H](O[C@@H]3[C@H](O)[C@H](O[C@H]4[C@H](O)[C@@H](NC(C)=O)[C@H](O[C@H]5[C@H](O)[C@@H](NC(C)=O)[C@H](O)O[C@@H]5CO[C@@H]5O[C@@H](C)[C@@H](O)[C@@H](O)[C@@H]5O)O[C@@H]4CO)O[C@H](CO[C@H]4O[C@H](CO)[C@@H](O)[C@H](O)[C@@H]4O[C@@H]4O[C@H](CO)[C@@H](O)[C@H](O)[C@H]4NC(C)=O)[C@H]3O)O[C@H](CO)[C@@H](O[C@@H]3O[C@H](CO)[C@@H](O[C@@H]4O[C@H](CO)[C@H](O)[C@H](O[C@@H]5O[C@H](C(=O)O)[C@@H](O)[C@H](O)[C@H]5O)[C@H]4O)[C@H](O)[C@H]3NC(C)=O)[C@@H]2O)O[C@H](CO)[C@@H](O)[C@@H]1O. The van der Waals surface area contributed by atoms with Crippen LogP contribution in [0.2, 0.25) is 0 Å². The third-order valence-electron chi connectivity index (χ3n) is 24.9. The van der Waals surface area contributed by atoms with Crippen molar-refractivity contribution in [3.63, 3.8) is 0 Å². The van der Waals surface area contributed by atoms with Gasteiger partial charge in [-0.25, -0.2) is 4.79 Å². The first-order chi connectivity index (χ1) is 64.7. The average Bonchev–Trinajstić information content (AvgIpc) is 0.754. The number of nitrogens with one attached hydrogen (secondary N) is 5. The van der Waals surface area contributed by atoms with E-state index in [9.17, 15) is 177 Å². The van der Waals surface area contributed by atoms with E-state index >= 15 is 0 Å². The number of hydrogen-bond donors (Lipinski definition) is 34. The second-order valence-electron chi connectivity index (χ2n) is 34.6. The lowest BCUT2D eigenvalue weighted by molar-refractivity contribution is -0.405. The van der Waals surface area contributed by atoms with Crippen molar-refractivity contribution in [2.45, 2.75) is 379 Å². The lowest BCUT2D eigenvalue weighted by Crippen LogP contribution is -2.71. The zero-order chi connectivity index (χ0) is 101.